The maximum Gasteiger partial charge on any atom is 0.223 e. The zero-order valence-electron chi connectivity index (χ0n) is 11.8. The number of hydrogen-bond donors (Lipinski definition) is 0. The van der Waals surface area contributed by atoms with Gasteiger partial charge in [-0.25, -0.2) is 0 Å². The van der Waals surface area contributed by atoms with Gasteiger partial charge in [0.25, 0.3) is 0 Å². The Kier molecular flexibility index (Phi) is 3.86. The summed E-state index contributed by atoms with van der Waals surface area (Å²) in [6.07, 6.45) is 6.55. The number of rotatable bonds is 3. The van der Waals surface area contributed by atoms with Crippen LogP contribution in [0.2, 0.25) is 0 Å². The first-order valence-corrected chi connectivity index (χ1v) is 7.62. The number of carbonyl (C=O) groups excluding carboxylic acids is 2. The molecule has 2 aliphatic rings. The van der Waals surface area contributed by atoms with Crippen LogP contribution < -0.4 is 0 Å². The molecule has 1 aliphatic carbocycles. The fourth-order valence-corrected chi connectivity index (χ4v) is 3.59. The van der Waals surface area contributed by atoms with Crippen LogP contribution in [0.15, 0.2) is 24.3 Å². The number of fused-ring (bicyclic) bond motifs is 1. The highest BCUT2D eigenvalue weighted by Gasteiger charge is 2.30. The smallest absolute Gasteiger partial charge is 0.223 e. The standard InChI is InChI=1S/C17H21NO2/c19-12-15-6-3-4-10-18(15)17(20)11-14-9-8-13-5-1-2-7-16(13)14/h1-2,5,7,12,14-15H,3-4,6,8-11H2. The summed E-state index contributed by atoms with van der Waals surface area (Å²) in [5.74, 6) is 0.497. The van der Waals surface area contributed by atoms with Gasteiger partial charge in [0, 0.05) is 13.0 Å². The third-order valence-electron chi connectivity index (χ3n) is 4.70. The zero-order chi connectivity index (χ0) is 13.9. The fraction of sp³-hybridized carbons (Fsp3) is 0.529. The maximum atomic E-state index is 12.5. The molecule has 3 nitrogen and oxygen atoms in total. The molecule has 0 aromatic heterocycles. The van der Waals surface area contributed by atoms with E-state index in [1.807, 2.05) is 0 Å². The number of benzene rings is 1. The minimum Gasteiger partial charge on any atom is -0.333 e. The average molecular weight is 271 g/mol. The molecule has 1 saturated heterocycles. The lowest BCUT2D eigenvalue weighted by Gasteiger charge is -2.33. The van der Waals surface area contributed by atoms with Crippen molar-refractivity contribution in [1.82, 2.24) is 4.90 Å². The molecule has 1 heterocycles. The van der Waals surface area contributed by atoms with E-state index in [2.05, 4.69) is 24.3 Å². The van der Waals surface area contributed by atoms with Crippen LogP contribution in [0.3, 0.4) is 0 Å². The Hall–Kier alpha value is -1.64. The van der Waals surface area contributed by atoms with Crippen LogP contribution in [0.5, 0.6) is 0 Å². The normalized spacial score (nSPS) is 25.3. The van der Waals surface area contributed by atoms with Crippen molar-refractivity contribution in [3.63, 3.8) is 0 Å². The van der Waals surface area contributed by atoms with E-state index in [-0.39, 0.29) is 11.9 Å². The molecule has 20 heavy (non-hydrogen) atoms. The lowest BCUT2D eigenvalue weighted by atomic mass is 9.95. The van der Waals surface area contributed by atoms with Crippen LogP contribution in [0.4, 0.5) is 0 Å². The minimum atomic E-state index is -0.187. The number of aryl methyl sites for hydroxylation is 1. The third-order valence-corrected chi connectivity index (χ3v) is 4.70. The Morgan fingerprint density at radius 3 is 2.95 bits per heavy atom. The van der Waals surface area contributed by atoms with Gasteiger partial charge in [-0.05, 0) is 49.1 Å². The molecular formula is C17H21NO2. The van der Waals surface area contributed by atoms with Gasteiger partial charge in [0.1, 0.15) is 6.29 Å². The first kappa shape index (κ1) is 13.3. The van der Waals surface area contributed by atoms with Gasteiger partial charge in [-0.2, -0.15) is 0 Å². The highest BCUT2D eigenvalue weighted by Crippen LogP contribution is 2.36. The summed E-state index contributed by atoms with van der Waals surface area (Å²) in [4.78, 5) is 25.4. The Morgan fingerprint density at radius 2 is 2.10 bits per heavy atom. The molecule has 0 spiro atoms. The van der Waals surface area contributed by atoms with Crippen molar-refractivity contribution >= 4 is 12.2 Å². The highest BCUT2D eigenvalue weighted by molar-refractivity contribution is 5.81. The molecule has 3 rings (SSSR count). The number of hydrogen-bond acceptors (Lipinski definition) is 2. The maximum absolute atomic E-state index is 12.5. The van der Waals surface area contributed by atoms with Crippen molar-refractivity contribution < 1.29 is 9.59 Å². The van der Waals surface area contributed by atoms with Crippen molar-refractivity contribution in [2.75, 3.05) is 6.54 Å². The topological polar surface area (TPSA) is 37.4 Å². The van der Waals surface area contributed by atoms with Gasteiger partial charge < -0.3 is 9.69 Å². The molecule has 0 saturated carbocycles. The molecule has 1 aromatic carbocycles. The largest absolute Gasteiger partial charge is 0.333 e. The fourth-order valence-electron chi connectivity index (χ4n) is 3.59. The van der Waals surface area contributed by atoms with Crippen LogP contribution in [0.25, 0.3) is 0 Å². The number of nitrogens with zero attached hydrogens (tertiary/aromatic N) is 1. The SMILES string of the molecule is O=CC1CCCCN1C(=O)CC1CCc2ccccc21. The van der Waals surface area contributed by atoms with E-state index in [0.29, 0.717) is 12.3 Å². The van der Waals surface area contributed by atoms with Crippen LogP contribution >= 0.6 is 0 Å². The van der Waals surface area contributed by atoms with Gasteiger partial charge in [0.2, 0.25) is 5.91 Å². The predicted octanol–water partition coefficient (Wildman–Crippen LogP) is 2.69. The molecule has 1 aromatic rings. The quantitative estimate of drug-likeness (QED) is 0.793. The first-order chi connectivity index (χ1) is 9.79. The lowest BCUT2D eigenvalue weighted by Crippen LogP contribution is -2.44. The second-order valence-electron chi connectivity index (χ2n) is 5.92. The molecule has 3 heteroatoms. The molecule has 1 amide bonds. The van der Waals surface area contributed by atoms with Crippen LogP contribution in [0, 0.1) is 0 Å². The number of piperidine rings is 1. The Bertz CT molecular complexity index is 511. The van der Waals surface area contributed by atoms with Crippen molar-refractivity contribution in [3.8, 4) is 0 Å². The van der Waals surface area contributed by atoms with Crippen molar-refractivity contribution in [3.05, 3.63) is 35.4 Å². The van der Waals surface area contributed by atoms with Gasteiger partial charge in [0.05, 0.1) is 6.04 Å². The summed E-state index contributed by atoms with van der Waals surface area (Å²) in [5, 5.41) is 0. The van der Waals surface area contributed by atoms with E-state index in [9.17, 15) is 9.59 Å². The lowest BCUT2D eigenvalue weighted by molar-refractivity contribution is -0.138. The summed E-state index contributed by atoms with van der Waals surface area (Å²) in [7, 11) is 0. The van der Waals surface area contributed by atoms with Crippen molar-refractivity contribution in [2.45, 2.75) is 50.5 Å². The number of aldehydes is 1. The molecule has 2 atom stereocenters. The second-order valence-corrected chi connectivity index (χ2v) is 5.92. The molecule has 106 valence electrons. The Balaban J connectivity index is 1.69. The molecule has 1 fully saturated rings. The Morgan fingerprint density at radius 1 is 1.25 bits per heavy atom. The summed E-state index contributed by atoms with van der Waals surface area (Å²) >= 11 is 0. The zero-order valence-corrected chi connectivity index (χ0v) is 11.8. The van der Waals surface area contributed by atoms with Crippen molar-refractivity contribution in [1.29, 1.82) is 0 Å². The van der Waals surface area contributed by atoms with E-state index < -0.39 is 0 Å². The van der Waals surface area contributed by atoms with Gasteiger partial charge in [0.15, 0.2) is 0 Å². The van der Waals surface area contributed by atoms with Crippen LogP contribution in [-0.4, -0.2) is 29.7 Å². The van der Waals surface area contributed by atoms with Gasteiger partial charge in [-0.15, -0.1) is 0 Å². The van der Waals surface area contributed by atoms with Crippen LogP contribution in [0.1, 0.15) is 49.1 Å². The van der Waals surface area contributed by atoms with Crippen LogP contribution in [-0.2, 0) is 16.0 Å². The van der Waals surface area contributed by atoms with E-state index in [1.54, 1.807) is 4.90 Å². The molecule has 2 unspecified atom stereocenters. The average Bonchev–Trinajstić information content (AvgIpc) is 2.90. The van der Waals surface area contributed by atoms with E-state index in [1.165, 1.54) is 11.1 Å². The summed E-state index contributed by atoms with van der Waals surface area (Å²) in [6.45, 7) is 0.747. The second kappa shape index (κ2) is 5.78. The summed E-state index contributed by atoms with van der Waals surface area (Å²) in [6, 6.07) is 8.24. The highest BCUT2D eigenvalue weighted by atomic mass is 16.2. The summed E-state index contributed by atoms with van der Waals surface area (Å²) < 4.78 is 0. The van der Waals surface area contributed by atoms with Crippen molar-refractivity contribution in [2.24, 2.45) is 0 Å². The van der Waals surface area contributed by atoms with E-state index in [4.69, 9.17) is 0 Å². The monoisotopic (exact) mass is 271 g/mol. The van der Waals surface area contributed by atoms with Gasteiger partial charge in [-0.3, -0.25) is 4.79 Å². The number of amides is 1. The third kappa shape index (κ3) is 2.49. The summed E-state index contributed by atoms with van der Waals surface area (Å²) in [5.41, 5.74) is 2.72. The van der Waals surface area contributed by atoms with E-state index >= 15 is 0 Å². The molecule has 1 aliphatic heterocycles. The molecule has 0 radical (unpaired) electrons. The number of carbonyl (C=O) groups is 2. The Labute approximate surface area is 120 Å². The minimum absolute atomic E-state index is 0.156. The molecular weight excluding hydrogens is 250 g/mol. The molecule has 0 N–H and O–H groups in total. The number of likely N-dealkylation sites (tertiary alicyclic amines) is 1. The van der Waals surface area contributed by atoms with E-state index in [0.717, 1.165) is 44.9 Å². The first-order valence-electron chi connectivity index (χ1n) is 7.62. The van der Waals surface area contributed by atoms with Gasteiger partial charge >= 0.3 is 0 Å². The van der Waals surface area contributed by atoms with Gasteiger partial charge in [-0.1, -0.05) is 24.3 Å². The predicted molar refractivity (Wildman–Crippen MR) is 77.5 cm³/mol. The molecule has 0 bridgehead atoms.